The van der Waals surface area contributed by atoms with Gasteiger partial charge in [0, 0.05) is 0 Å². The number of hydrogen-bond acceptors (Lipinski definition) is 4. The highest BCUT2D eigenvalue weighted by atomic mass is 16.4. The molecule has 0 fully saturated rings. The minimum Gasteiger partial charge on any atom is -0.478 e. The molecule has 0 aromatic heterocycles. The number of amides is 1. The highest BCUT2D eigenvalue weighted by Gasteiger charge is 2.18. The third-order valence-electron chi connectivity index (χ3n) is 1.87. The Balaban J connectivity index is 3.45. The predicted molar refractivity (Wildman–Crippen MR) is 52.8 cm³/mol. The standard InChI is InChI=1S/C10H5NO6/c12-4-11-8(13)7-3-5(9(14)15)1-2-6(7)10(16)17/h1-3H,(H,14,15)(H,16,17). The largest absolute Gasteiger partial charge is 0.478 e. The van der Waals surface area contributed by atoms with Crippen molar-refractivity contribution in [1.82, 2.24) is 0 Å². The minimum atomic E-state index is -1.42. The van der Waals surface area contributed by atoms with Gasteiger partial charge in [-0.05, 0) is 18.2 Å². The molecule has 0 saturated carbocycles. The summed E-state index contributed by atoms with van der Waals surface area (Å²) in [4.78, 5) is 45.3. The molecule has 17 heavy (non-hydrogen) atoms. The number of isocyanates is 1. The van der Waals surface area contributed by atoms with Crippen LogP contribution < -0.4 is 0 Å². The van der Waals surface area contributed by atoms with E-state index in [0.29, 0.717) is 0 Å². The fourth-order valence-corrected chi connectivity index (χ4v) is 1.14. The average Bonchev–Trinajstić information content (AvgIpc) is 2.28. The van der Waals surface area contributed by atoms with Crippen LogP contribution in [-0.2, 0) is 4.79 Å². The zero-order valence-electron chi connectivity index (χ0n) is 8.21. The molecule has 1 aromatic carbocycles. The fourth-order valence-electron chi connectivity index (χ4n) is 1.14. The van der Waals surface area contributed by atoms with Crippen LogP contribution in [0.4, 0.5) is 0 Å². The number of benzene rings is 1. The van der Waals surface area contributed by atoms with E-state index in [1.807, 2.05) is 0 Å². The van der Waals surface area contributed by atoms with Crippen molar-refractivity contribution >= 4 is 23.9 Å². The van der Waals surface area contributed by atoms with Gasteiger partial charge in [-0.1, -0.05) is 0 Å². The molecule has 2 N–H and O–H groups in total. The summed E-state index contributed by atoms with van der Waals surface area (Å²) >= 11 is 0. The van der Waals surface area contributed by atoms with Gasteiger partial charge >= 0.3 is 11.9 Å². The Kier molecular flexibility index (Phi) is 3.48. The van der Waals surface area contributed by atoms with Gasteiger partial charge in [-0.3, -0.25) is 4.79 Å². The van der Waals surface area contributed by atoms with Crippen LogP contribution in [0.25, 0.3) is 0 Å². The molecule has 86 valence electrons. The first-order chi connectivity index (χ1) is 7.97. The average molecular weight is 235 g/mol. The zero-order valence-corrected chi connectivity index (χ0v) is 8.21. The van der Waals surface area contributed by atoms with Crippen LogP contribution in [0.3, 0.4) is 0 Å². The van der Waals surface area contributed by atoms with Crippen LogP contribution >= 0.6 is 0 Å². The minimum absolute atomic E-state index is 0.278. The van der Waals surface area contributed by atoms with Crippen LogP contribution in [0.15, 0.2) is 23.2 Å². The number of carbonyl (C=O) groups is 3. The van der Waals surface area contributed by atoms with Crippen molar-refractivity contribution < 1.29 is 29.4 Å². The van der Waals surface area contributed by atoms with Gasteiger partial charge < -0.3 is 10.2 Å². The highest BCUT2D eigenvalue weighted by Crippen LogP contribution is 2.14. The van der Waals surface area contributed by atoms with Crippen LogP contribution in [0.5, 0.6) is 0 Å². The van der Waals surface area contributed by atoms with E-state index in [2.05, 4.69) is 4.99 Å². The molecule has 1 amide bonds. The maximum absolute atomic E-state index is 11.3. The first-order valence-electron chi connectivity index (χ1n) is 4.20. The predicted octanol–water partition coefficient (Wildman–Crippen LogP) is 0.559. The number of carbonyl (C=O) groups excluding carboxylic acids is 2. The molecule has 0 unspecified atom stereocenters. The van der Waals surface area contributed by atoms with E-state index in [9.17, 15) is 19.2 Å². The van der Waals surface area contributed by atoms with Gasteiger partial charge in [0.1, 0.15) is 0 Å². The number of carboxylic acid groups (broad SMARTS) is 2. The molecule has 0 aliphatic rings. The molecule has 7 nitrogen and oxygen atoms in total. The van der Waals surface area contributed by atoms with Crippen LogP contribution in [0, 0.1) is 0 Å². The maximum atomic E-state index is 11.3. The fraction of sp³-hybridized carbons (Fsp3) is 0. The zero-order chi connectivity index (χ0) is 13.0. The van der Waals surface area contributed by atoms with Crippen molar-refractivity contribution in [2.45, 2.75) is 0 Å². The Bertz CT molecular complexity index is 556. The van der Waals surface area contributed by atoms with Gasteiger partial charge in [0.15, 0.2) is 0 Å². The summed E-state index contributed by atoms with van der Waals surface area (Å²) in [6.07, 6.45) is 0.966. The Morgan fingerprint density at radius 1 is 1.06 bits per heavy atom. The van der Waals surface area contributed by atoms with Crippen molar-refractivity contribution in [3.05, 3.63) is 34.9 Å². The van der Waals surface area contributed by atoms with Crippen LogP contribution in [0.1, 0.15) is 31.1 Å². The molecule has 0 heterocycles. The van der Waals surface area contributed by atoms with E-state index >= 15 is 0 Å². The van der Waals surface area contributed by atoms with Crippen molar-refractivity contribution in [1.29, 1.82) is 0 Å². The second kappa shape index (κ2) is 4.82. The monoisotopic (exact) mass is 235 g/mol. The molecule has 0 aliphatic heterocycles. The van der Waals surface area contributed by atoms with E-state index < -0.39 is 29.0 Å². The van der Waals surface area contributed by atoms with Crippen LogP contribution in [0.2, 0.25) is 0 Å². The summed E-state index contributed by atoms with van der Waals surface area (Å²) in [6, 6.07) is 2.83. The molecule has 7 heteroatoms. The van der Waals surface area contributed by atoms with E-state index in [0.717, 1.165) is 24.3 Å². The van der Waals surface area contributed by atoms with Crippen LogP contribution in [-0.4, -0.2) is 34.1 Å². The van der Waals surface area contributed by atoms with E-state index in [4.69, 9.17) is 10.2 Å². The maximum Gasteiger partial charge on any atom is 0.336 e. The quantitative estimate of drug-likeness (QED) is 0.583. The van der Waals surface area contributed by atoms with Gasteiger partial charge in [-0.25, -0.2) is 14.4 Å². The Morgan fingerprint density at radius 2 is 1.71 bits per heavy atom. The Hall–Kier alpha value is -2.79. The van der Waals surface area contributed by atoms with E-state index in [1.54, 1.807) is 0 Å². The molecule has 0 radical (unpaired) electrons. The van der Waals surface area contributed by atoms with Crippen molar-refractivity contribution in [2.75, 3.05) is 0 Å². The number of aliphatic imine (C=N–C) groups is 1. The second-order valence-corrected chi connectivity index (χ2v) is 2.88. The molecule has 0 aliphatic carbocycles. The molecule has 0 saturated heterocycles. The topological polar surface area (TPSA) is 121 Å². The van der Waals surface area contributed by atoms with Gasteiger partial charge in [-0.15, -0.1) is 4.99 Å². The number of aromatic carboxylic acids is 2. The smallest absolute Gasteiger partial charge is 0.336 e. The number of rotatable bonds is 3. The summed E-state index contributed by atoms with van der Waals surface area (Å²) < 4.78 is 0. The molecule has 1 rings (SSSR count). The van der Waals surface area contributed by atoms with Gasteiger partial charge in [0.25, 0.3) is 5.91 Å². The summed E-state index contributed by atoms with van der Waals surface area (Å²) in [6.45, 7) is 0. The second-order valence-electron chi connectivity index (χ2n) is 2.88. The normalized spacial score (nSPS) is 9.18. The van der Waals surface area contributed by atoms with E-state index in [1.165, 1.54) is 0 Å². The first-order valence-corrected chi connectivity index (χ1v) is 4.20. The lowest BCUT2D eigenvalue weighted by molar-refractivity contribution is 0.0679. The van der Waals surface area contributed by atoms with Crippen molar-refractivity contribution in [2.24, 2.45) is 4.99 Å². The third-order valence-corrected chi connectivity index (χ3v) is 1.87. The lowest BCUT2D eigenvalue weighted by atomic mass is 10.0. The molecule has 1 aromatic rings. The Labute approximate surface area is 94.0 Å². The summed E-state index contributed by atoms with van der Waals surface area (Å²) in [5.74, 6) is -3.90. The molecular formula is C10H5NO6. The lowest BCUT2D eigenvalue weighted by Gasteiger charge is -2.02. The summed E-state index contributed by atoms with van der Waals surface area (Å²) in [5, 5.41) is 17.5. The SMILES string of the molecule is O=C=NC(=O)c1cc(C(=O)O)ccc1C(=O)O. The molecule has 0 bridgehead atoms. The van der Waals surface area contributed by atoms with Crippen molar-refractivity contribution in [3.8, 4) is 0 Å². The van der Waals surface area contributed by atoms with E-state index in [-0.39, 0.29) is 5.56 Å². The Morgan fingerprint density at radius 3 is 2.18 bits per heavy atom. The first kappa shape index (κ1) is 12.3. The third kappa shape index (κ3) is 2.61. The number of carboxylic acids is 2. The lowest BCUT2D eigenvalue weighted by Crippen LogP contribution is -2.09. The van der Waals surface area contributed by atoms with Crippen molar-refractivity contribution in [3.63, 3.8) is 0 Å². The van der Waals surface area contributed by atoms with Gasteiger partial charge in [0.2, 0.25) is 6.08 Å². The summed E-state index contributed by atoms with van der Waals surface area (Å²) in [7, 11) is 0. The highest BCUT2D eigenvalue weighted by molar-refractivity contribution is 6.07. The summed E-state index contributed by atoms with van der Waals surface area (Å²) in [5.41, 5.74) is -1.18. The molecular weight excluding hydrogens is 230 g/mol. The number of nitrogens with zero attached hydrogens (tertiary/aromatic N) is 1. The van der Waals surface area contributed by atoms with Gasteiger partial charge in [0.05, 0.1) is 16.7 Å². The number of hydrogen-bond donors (Lipinski definition) is 2. The van der Waals surface area contributed by atoms with Gasteiger partial charge in [-0.2, -0.15) is 0 Å². The molecule has 0 atom stereocenters. The molecule has 0 spiro atoms.